The molecule has 0 aliphatic carbocycles. The molecule has 0 rings (SSSR count). The third kappa shape index (κ3) is 5.50. The molecule has 0 spiro atoms. The predicted molar refractivity (Wildman–Crippen MR) is 43.3 cm³/mol. The summed E-state index contributed by atoms with van der Waals surface area (Å²) in [6, 6.07) is 0. The average Bonchev–Trinajstić information content (AvgIpc) is 1.58. The SMILES string of the molecule is CC(O)(P(=O)([O-])[O-])P(=O)(O)O.O.O.[Ca+2]. The van der Waals surface area contributed by atoms with Crippen LogP contribution < -0.4 is 9.79 Å². The molecule has 12 heteroatoms. The molecule has 7 N–H and O–H groups in total. The van der Waals surface area contributed by atoms with Gasteiger partial charge in [0, 0.05) is 0 Å². The molecular weight excluding hydrogens is 270 g/mol. The first-order chi connectivity index (χ1) is 4.50. The Labute approximate surface area is 109 Å². The predicted octanol–water partition coefficient (Wildman–Crippen LogP) is -4.29. The van der Waals surface area contributed by atoms with Gasteiger partial charge in [0.1, 0.15) is 0 Å². The van der Waals surface area contributed by atoms with Crippen LogP contribution in [-0.2, 0) is 9.13 Å². The summed E-state index contributed by atoms with van der Waals surface area (Å²) >= 11 is 0. The average molecular weight is 280 g/mol. The fourth-order valence-electron chi connectivity index (χ4n) is 0.160. The van der Waals surface area contributed by atoms with E-state index in [9.17, 15) is 18.9 Å². The molecule has 0 radical (unpaired) electrons. The summed E-state index contributed by atoms with van der Waals surface area (Å²) in [6.45, 7) is 0.258. The van der Waals surface area contributed by atoms with E-state index in [1.54, 1.807) is 0 Å². The smallest absolute Gasteiger partial charge is 0.808 e. The normalized spacial score (nSPS) is 15.3. The summed E-state index contributed by atoms with van der Waals surface area (Å²) in [5.74, 6) is 0. The fraction of sp³-hybridized carbons (Fsp3) is 1.00. The topological polar surface area (TPSA) is 204 Å². The molecule has 0 aromatic carbocycles. The summed E-state index contributed by atoms with van der Waals surface area (Å²) in [5.41, 5.74) is 0. The number of aliphatic hydroxyl groups is 1. The summed E-state index contributed by atoms with van der Waals surface area (Å²) < 4.78 is 20.2. The molecule has 0 amide bonds. The van der Waals surface area contributed by atoms with Gasteiger partial charge in [-0.25, -0.2) is 0 Å². The Morgan fingerprint density at radius 3 is 1.36 bits per heavy atom. The minimum atomic E-state index is -5.70. The van der Waals surface area contributed by atoms with Gasteiger partial charge >= 0.3 is 45.3 Å². The van der Waals surface area contributed by atoms with Crippen molar-refractivity contribution in [3.05, 3.63) is 0 Å². The summed E-state index contributed by atoms with van der Waals surface area (Å²) in [6.07, 6.45) is 0. The van der Waals surface area contributed by atoms with Crippen LogP contribution in [0.5, 0.6) is 0 Å². The van der Waals surface area contributed by atoms with Crippen molar-refractivity contribution in [1.29, 1.82) is 0 Å². The zero-order valence-electron chi connectivity index (χ0n) is 7.08. The van der Waals surface area contributed by atoms with Crippen molar-refractivity contribution in [2.75, 3.05) is 0 Å². The summed E-state index contributed by atoms with van der Waals surface area (Å²) in [5, 5.41) is 5.02. The zero-order valence-corrected chi connectivity index (χ0v) is 11.1. The van der Waals surface area contributed by atoms with Crippen LogP contribution in [0.3, 0.4) is 0 Å². The van der Waals surface area contributed by atoms with E-state index in [0.29, 0.717) is 0 Å². The van der Waals surface area contributed by atoms with Gasteiger partial charge < -0.3 is 40.2 Å². The van der Waals surface area contributed by atoms with Gasteiger partial charge in [-0.05, 0) is 14.5 Å². The molecule has 1 unspecified atom stereocenters. The third-order valence-corrected chi connectivity index (χ3v) is 4.73. The molecule has 0 aromatic heterocycles. The quantitative estimate of drug-likeness (QED) is 0.334. The molecule has 0 aliphatic heterocycles. The molecule has 0 heterocycles. The van der Waals surface area contributed by atoms with E-state index in [1.165, 1.54) is 0 Å². The molecule has 84 valence electrons. The molecule has 0 aliphatic rings. The van der Waals surface area contributed by atoms with E-state index in [0.717, 1.165) is 0 Å². The second-order valence-electron chi connectivity index (χ2n) is 2.01. The molecule has 1 atom stereocenters. The van der Waals surface area contributed by atoms with Crippen molar-refractivity contribution in [1.82, 2.24) is 0 Å². The van der Waals surface area contributed by atoms with Gasteiger partial charge in [0.25, 0.3) is 0 Å². The van der Waals surface area contributed by atoms with Crippen molar-refractivity contribution in [3.63, 3.8) is 0 Å². The van der Waals surface area contributed by atoms with Crippen molar-refractivity contribution >= 4 is 52.9 Å². The molecule has 9 nitrogen and oxygen atoms in total. The standard InChI is InChI=1S/C2H8O7P2.Ca.2H2O/c1-2(3,10(4,5)6)11(7,8)9;;;/h3H,1H3,(H2,4,5,6)(H2,7,8,9);;2*1H2/q;+2;;/p-2. The summed E-state index contributed by atoms with van der Waals surface area (Å²) in [7, 11) is -11.0. The first-order valence-electron chi connectivity index (χ1n) is 2.30. The van der Waals surface area contributed by atoms with E-state index in [1.807, 2.05) is 0 Å². The molecule has 0 saturated heterocycles. The zero-order chi connectivity index (χ0) is 9.50. The van der Waals surface area contributed by atoms with Crippen molar-refractivity contribution in [2.45, 2.75) is 12.0 Å². The Morgan fingerprint density at radius 2 is 1.36 bits per heavy atom. The van der Waals surface area contributed by atoms with Gasteiger partial charge in [0.2, 0.25) is 0 Å². The number of hydrogen-bond acceptors (Lipinski definition) is 5. The Bertz CT molecular complexity index is 213. The molecule has 0 bridgehead atoms. The van der Waals surface area contributed by atoms with Crippen molar-refractivity contribution in [3.8, 4) is 0 Å². The largest absolute Gasteiger partial charge is 2.00 e. The minimum absolute atomic E-state index is 0. The Hall–Kier alpha value is 1.44. The number of rotatable bonds is 2. The first kappa shape index (κ1) is 24.6. The monoisotopic (exact) mass is 280 g/mol. The van der Waals surface area contributed by atoms with E-state index in [2.05, 4.69) is 0 Å². The van der Waals surface area contributed by atoms with Gasteiger partial charge in [-0.1, -0.05) is 0 Å². The maximum absolute atomic E-state index is 10.2. The third-order valence-electron chi connectivity index (χ3n) is 1.07. The van der Waals surface area contributed by atoms with E-state index >= 15 is 0 Å². The molecule has 14 heavy (non-hydrogen) atoms. The first-order valence-corrected chi connectivity index (χ1v) is 5.46. The second kappa shape index (κ2) is 6.90. The number of hydrogen-bond donors (Lipinski definition) is 3. The Kier molecular flexibility index (Phi) is 12.1. The van der Waals surface area contributed by atoms with Crippen LogP contribution in [-0.4, -0.2) is 68.7 Å². The van der Waals surface area contributed by atoms with Crippen LogP contribution in [0.15, 0.2) is 0 Å². The van der Waals surface area contributed by atoms with E-state index < -0.39 is 20.3 Å². The maximum Gasteiger partial charge on any atom is 2.00 e. The van der Waals surface area contributed by atoms with Crippen LogP contribution in [0.4, 0.5) is 0 Å². The van der Waals surface area contributed by atoms with Crippen LogP contribution in [0, 0.1) is 0 Å². The van der Waals surface area contributed by atoms with Gasteiger partial charge in [0.05, 0.1) is 0 Å². The van der Waals surface area contributed by atoms with Gasteiger partial charge in [-0.3, -0.25) is 4.57 Å². The van der Waals surface area contributed by atoms with Crippen LogP contribution >= 0.6 is 15.2 Å². The Morgan fingerprint density at radius 1 is 1.14 bits per heavy atom. The van der Waals surface area contributed by atoms with Gasteiger partial charge in [-0.2, -0.15) is 0 Å². The minimum Gasteiger partial charge on any atom is -0.808 e. The van der Waals surface area contributed by atoms with Crippen molar-refractivity contribution < 1.29 is 44.8 Å². The molecular formula is C2H10CaO9P2. The Balaban J connectivity index is -0.000000167. The molecule has 0 aromatic rings. The van der Waals surface area contributed by atoms with Crippen LogP contribution in [0.1, 0.15) is 6.92 Å². The van der Waals surface area contributed by atoms with Gasteiger partial charge in [0.15, 0.2) is 5.08 Å². The summed E-state index contributed by atoms with van der Waals surface area (Å²) in [4.78, 5) is 36.4. The molecule has 0 fully saturated rings. The molecule has 0 saturated carbocycles. The van der Waals surface area contributed by atoms with E-state index in [-0.39, 0.29) is 55.6 Å². The van der Waals surface area contributed by atoms with E-state index in [4.69, 9.17) is 14.9 Å². The van der Waals surface area contributed by atoms with Crippen molar-refractivity contribution in [2.24, 2.45) is 0 Å². The maximum atomic E-state index is 10.2. The second-order valence-corrected chi connectivity index (χ2v) is 6.19. The fourth-order valence-corrected chi connectivity index (χ4v) is 1.44. The van der Waals surface area contributed by atoms with Crippen LogP contribution in [0.25, 0.3) is 0 Å². The van der Waals surface area contributed by atoms with Crippen LogP contribution in [0.2, 0.25) is 0 Å². The van der Waals surface area contributed by atoms with Gasteiger partial charge in [-0.15, -0.1) is 0 Å².